The average Bonchev–Trinajstić information content (AvgIpc) is 2.78. The van der Waals surface area contributed by atoms with E-state index < -0.39 is 22.0 Å². The molecule has 0 saturated heterocycles. The zero-order chi connectivity index (χ0) is 24.0. The number of carbonyl (C=O) groups excluding carboxylic acids is 1. The first-order valence-electron chi connectivity index (χ1n) is 9.84. The maximum absolute atomic E-state index is 12.7. The van der Waals surface area contributed by atoms with Crippen molar-refractivity contribution < 1.29 is 27.4 Å². The van der Waals surface area contributed by atoms with E-state index in [0.29, 0.717) is 22.3 Å². The molecular formula is C23H23ClN2O6S. The smallest absolute Gasteiger partial charge is 0.252 e. The Morgan fingerprint density at radius 3 is 2.15 bits per heavy atom. The molecule has 3 rings (SSSR count). The van der Waals surface area contributed by atoms with Crippen molar-refractivity contribution in [2.75, 3.05) is 13.7 Å². The average molecular weight is 491 g/mol. The Labute approximate surface area is 197 Å². The molecule has 0 aliphatic rings. The van der Waals surface area contributed by atoms with Gasteiger partial charge in [0, 0.05) is 5.02 Å². The van der Waals surface area contributed by atoms with Crippen LogP contribution >= 0.6 is 11.6 Å². The second-order valence-electron chi connectivity index (χ2n) is 7.09. The monoisotopic (exact) mass is 490 g/mol. The predicted octanol–water partition coefficient (Wildman–Crippen LogP) is 3.99. The van der Waals surface area contributed by atoms with Crippen LogP contribution in [0.15, 0.2) is 71.6 Å². The summed E-state index contributed by atoms with van der Waals surface area (Å²) in [5.41, 5.74) is 5.45. The number of hydrogen-bond acceptors (Lipinski definition) is 6. The summed E-state index contributed by atoms with van der Waals surface area (Å²) >= 11 is 5.88. The van der Waals surface area contributed by atoms with Crippen molar-refractivity contribution in [2.45, 2.75) is 17.9 Å². The first kappa shape index (κ1) is 24.4. The van der Waals surface area contributed by atoms with Crippen LogP contribution in [0.25, 0.3) is 0 Å². The van der Waals surface area contributed by atoms with E-state index in [0.717, 1.165) is 0 Å². The van der Waals surface area contributed by atoms with Crippen molar-refractivity contribution in [1.29, 1.82) is 0 Å². The van der Waals surface area contributed by atoms with Crippen molar-refractivity contribution in [3.63, 3.8) is 0 Å². The number of rotatable bonds is 10. The van der Waals surface area contributed by atoms with E-state index in [-0.39, 0.29) is 22.8 Å². The summed E-state index contributed by atoms with van der Waals surface area (Å²) in [6.45, 7) is 1.61. The van der Waals surface area contributed by atoms with Crippen molar-refractivity contribution in [3.05, 3.63) is 77.3 Å². The molecule has 3 aromatic carbocycles. The molecule has 1 amide bonds. The molecule has 174 valence electrons. The van der Waals surface area contributed by atoms with E-state index in [1.54, 1.807) is 56.5 Å². The van der Waals surface area contributed by atoms with Crippen LogP contribution in [-0.4, -0.2) is 34.1 Å². The Bertz CT molecular complexity index is 1210. The number of primary amides is 1. The summed E-state index contributed by atoms with van der Waals surface area (Å²) in [6.07, 6.45) is 0. The van der Waals surface area contributed by atoms with Crippen LogP contribution in [0.5, 0.6) is 23.0 Å². The van der Waals surface area contributed by atoms with E-state index in [1.165, 1.54) is 24.3 Å². The van der Waals surface area contributed by atoms with Crippen LogP contribution in [-0.2, 0) is 10.0 Å². The minimum Gasteiger partial charge on any atom is -0.497 e. The highest BCUT2D eigenvalue weighted by Crippen LogP contribution is 2.25. The Hall–Kier alpha value is -3.27. The first-order valence-corrected chi connectivity index (χ1v) is 11.7. The molecule has 0 aliphatic carbocycles. The number of nitrogens with two attached hydrogens (primary N) is 1. The Kier molecular flexibility index (Phi) is 7.80. The third-order valence-electron chi connectivity index (χ3n) is 4.48. The molecule has 0 saturated carbocycles. The van der Waals surface area contributed by atoms with Crippen molar-refractivity contribution in [3.8, 4) is 23.0 Å². The molecule has 0 bridgehead atoms. The maximum Gasteiger partial charge on any atom is 0.252 e. The zero-order valence-electron chi connectivity index (χ0n) is 17.9. The summed E-state index contributed by atoms with van der Waals surface area (Å²) in [6, 6.07) is 16.9. The fourth-order valence-electron chi connectivity index (χ4n) is 2.87. The summed E-state index contributed by atoms with van der Waals surface area (Å²) in [5, 5.41) is 0.337. The highest BCUT2D eigenvalue weighted by Gasteiger charge is 2.19. The number of amides is 1. The van der Waals surface area contributed by atoms with Gasteiger partial charge in [0.05, 0.1) is 23.6 Å². The van der Waals surface area contributed by atoms with Gasteiger partial charge in [0.25, 0.3) is 5.91 Å². The van der Waals surface area contributed by atoms with E-state index in [2.05, 4.69) is 4.72 Å². The number of benzene rings is 3. The van der Waals surface area contributed by atoms with E-state index in [9.17, 15) is 13.2 Å². The molecule has 0 heterocycles. The molecule has 0 spiro atoms. The van der Waals surface area contributed by atoms with Gasteiger partial charge in [0.15, 0.2) is 0 Å². The van der Waals surface area contributed by atoms with Gasteiger partial charge >= 0.3 is 0 Å². The minimum absolute atomic E-state index is 0.0280. The minimum atomic E-state index is -3.81. The number of carbonyl (C=O) groups is 1. The molecule has 3 N–H and O–H groups in total. The predicted molar refractivity (Wildman–Crippen MR) is 125 cm³/mol. The molecular weight excluding hydrogens is 468 g/mol. The van der Waals surface area contributed by atoms with Gasteiger partial charge in [-0.3, -0.25) is 4.79 Å². The van der Waals surface area contributed by atoms with Crippen LogP contribution in [0.1, 0.15) is 17.3 Å². The lowest BCUT2D eigenvalue weighted by atomic mass is 10.2. The van der Waals surface area contributed by atoms with Crippen LogP contribution in [0.3, 0.4) is 0 Å². The number of hydrogen-bond donors (Lipinski definition) is 2. The molecule has 3 aromatic rings. The zero-order valence-corrected chi connectivity index (χ0v) is 19.5. The van der Waals surface area contributed by atoms with Crippen molar-refractivity contribution in [1.82, 2.24) is 4.72 Å². The summed E-state index contributed by atoms with van der Waals surface area (Å²) in [5.74, 6) is 1.30. The molecule has 0 aromatic heterocycles. The molecule has 0 unspecified atom stereocenters. The molecule has 0 radical (unpaired) electrons. The fraction of sp³-hybridized carbons (Fsp3) is 0.174. The normalized spacial score (nSPS) is 12.1. The van der Waals surface area contributed by atoms with Crippen LogP contribution in [0.2, 0.25) is 5.02 Å². The quantitative estimate of drug-likeness (QED) is 0.444. The molecule has 0 aliphatic heterocycles. The second-order valence-corrected chi connectivity index (χ2v) is 9.24. The van der Waals surface area contributed by atoms with Crippen molar-refractivity contribution in [2.24, 2.45) is 5.73 Å². The lowest BCUT2D eigenvalue weighted by Crippen LogP contribution is -2.36. The molecule has 33 heavy (non-hydrogen) atoms. The highest BCUT2D eigenvalue weighted by molar-refractivity contribution is 7.89. The number of methoxy groups -OCH3 is 1. The van der Waals surface area contributed by atoms with Crippen molar-refractivity contribution >= 4 is 27.5 Å². The lowest BCUT2D eigenvalue weighted by molar-refractivity contribution is 0.0996. The fourth-order valence-corrected chi connectivity index (χ4v) is 4.27. The van der Waals surface area contributed by atoms with Crippen LogP contribution in [0, 0.1) is 0 Å². The van der Waals surface area contributed by atoms with Gasteiger partial charge in [-0.2, -0.15) is 0 Å². The Morgan fingerprint density at radius 1 is 1.00 bits per heavy atom. The van der Waals surface area contributed by atoms with Gasteiger partial charge in [0.2, 0.25) is 10.0 Å². The van der Waals surface area contributed by atoms with Gasteiger partial charge < -0.3 is 19.9 Å². The van der Waals surface area contributed by atoms with Crippen LogP contribution in [0.4, 0.5) is 0 Å². The second kappa shape index (κ2) is 10.6. The third kappa shape index (κ3) is 6.61. The highest BCUT2D eigenvalue weighted by atomic mass is 35.5. The molecule has 10 heteroatoms. The molecule has 0 fully saturated rings. The number of nitrogens with one attached hydrogen (secondary N) is 1. The summed E-state index contributed by atoms with van der Waals surface area (Å²) in [7, 11) is -2.24. The molecule has 1 atom stereocenters. The van der Waals surface area contributed by atoms with Gasteiger partial charge in [-0.05, 0) is 73.7 Å². The number of halogens is 1. The lowest BCUT2D eigenvalue weighted by Gasteiger charge is -2.17. The number of ether oxygens (including phenoxy) is 3. The van der Waals surface area contributed by atoms with E-state index in [1.807, 2.05) is 0 Å². The van der Waals surface area contributed by atoms with Gasteiger partial charge in [-0.25, -0.2) is 13.1 Å². The molecule has 8 nitrogen and oxygen atoms in total. The van der Waals surface area contributed by atoms with Gasteiger partial charge in [-0.15, -0.1) is 0 Å². The first-order chi connectivity index (χ1) is 15.7. The standard InChI is InChI=1S/C23H23ClN2O6S/c1-15(14-31-22-12-3-16(24)13-21(22)23(25)27)26-33(28,29)20-10-8-19(9-11-20)32-18-6-4-17(30-2)5-7-18/h3-13,15,26H,14H2,1-2H3,(H2,25,27)/t15-/m0/s1. The summed E-state index contributed by atoms with van der Waals surface area (Å²) in [4.78, 5) is 11.6. The number of sulfonamides is 1. The Balaban J connectivity index is 1.61. The van der Waals surface area contributed by atoms with E-state index >= 15 is 0 Å². The third-order valence-corrected chi connectivity index (χ3v) is 6.32. The summed E-state index contributed by atoms with van der Waals surface area (Å²) < 4.78 is 44.3. The van der Waals surface area contributed by atoms with Crippen LogP contribution < -0.4 is 24.7 Å². The Morgan fingerprint density at radius 2 is 1.58 bits per heavy atom. The largest absolute Gasteiger partial charge is 0.497 e. The van der Waals surface area contributed by atoms with E-state index in [4.69, 9.17) is 31.5 Å². The SMILES string of the molecule is COc1ccc(Oc2ccc(S(=O)(=O)N[C@@H](C)COc3ccc(Cl)cc3C(N)=O)cc2)cc1. The van der Waals surface area contributed by atoms with Gasteiger partial charge in [-0.1, -0.05) is 11.6 Å². The van der Waals surface area contributed by atoms with Gasteiger partial charge in [0.1, 0.15) is 29.6 Å². The maximum atomic E-state index is 12.7. The topological polar surface area (TPSA) is 117 Å².